The molecule has 0 aromatic carbocycles. The van der Waals surface area contributed by atoms with Crippen molar-refractivity contribution in [3.8, 4) is 10.6 Å². The molecule has 1 amide bonds. The summed E-state index contributed by atoms with van der Waals surface area (Å²) in [4.78, 5) is 13.9. The van der Waals surface area contributed by atoms with Crippen molar-refractivity contribution >= 4 is 17.2 Å². The van der Waals surface area contributed by atoms with E-state index < -0.39 is 37.0 Å². The lowest BCUT2D eigenvalue weighted by molar-refractivity contribution is -0.156. The number of halogens is 6. The van der Waals surface area contributed by atoms with Crippen molar-refractivity contribution in [3.05, 3.63) is 28.3 Å². The molecule has 2 aromatic rings. The van der Waals surface area contributed by atoms with Crippen LogP contribution in [0.5, 0.6) is 0 Å². The standard InChI is InChI=1S/C16H16F6N2O3S/c1-9-12(23-27-13(9)16(20,21)22)10-3-4-11(28-10)14(26)24(7-8-25)6-2-5-15(17,18)19/h3-4,25H,2,5-8H2,1H3. The smallest absolute Gasteiger partial charge is 0.395 e. The molecule has 0 unspecified atom stereocenters. The van der Waals surface area contributed by atoms with E-state index in [4.69, 9.17) is 5.11 Å². The zero-order valence-corrected chi connectivity index (χ0v) is 15.3. The molecule has 156 valence electrons. The van der Waals surface area contributed by atoms with Crippen molar-refractivity contribution in [3.63, 3.8) is 0 Å². The molecular formula is C16H16F6N2O3S. The Bertz CT molecular complexity index is 812. The Morgan fingerprint density at radius 2 is 1.89 bits per heavy atom. The molecule has 0 radical (unpaired) electrons. The van der Waals surface area contributed by atoms with E-state index in [1.165, 1.54) is 19.1 Å². The predicted octanol–water partition coefficient (Wildman–Crippen LogP) is 4.51. The number of nitrogens with zero attached hydrogens (tertiary/aromatic N) is 2. The second-order valence-corrected chi connectivity index (χ2v) is 6.97. The van der Waals surface area contributed by atoms with E-state index in [0.717, 1.165) is 16.2 Å². The van der Waals surface area contributed by atoms with Crippen molar-refractivity contribution in [2.24, 2.45) is 0 Å². The molecule has 2 aromatic heterocycles. The maximum atomic E-state index is 12.8. The highest BCUT2D eigenvalue weighted by Crippen LogP contribution is 2.38. The number of hydrogen-bond donors (Lipinski definition) is 1. The zero-order valence-electron chi connectivity index (χ0n) is 14.5. The summed E-state index contributed by atoms with van der Waals surface area (Å²) in [5.41, 5.74) is -0.298. The van der Waals surface area contributed by atoms with Crippen LogP contribution in [0.15, 0.2) is 16.7 Å². The lowest BCUT2D eigenvalue weighted by Crippen LogP contribution is -2.34. The molecule has 0 spiro atoms. The number of thiophene rings is 1. The van der Waals surface area contributed by atoms with Gasteiger partial charge >= 0.3 is 12.4 Å². The normalized spacial score (nSPS) is 12.4. The number of aliphatic hydroxyl groups excluding tert-OH is 1. The summed E-state index contributed by atoms with van der Waals surface area (Å²) in [5.74, 6) is -1.86. The van der Waals surface area contributed by atoms with Crippen LogP contribution in [0.4, 0.5) is 26.3 Å². The quantitative estimate of drug-likeness (QED) is 0.657. The van der Waals surface area contributed by atoms with E-state index in [1.54, 1.807) is 0 Å². The predicted molar refractivity (Wildman–Crippen MR) is 87.8 cm³/mol. The minimum Gasteiger partial charge on any atom is -0.395 e. The first-order valence-corrected chi connectivity index (χ1v) is 8.86. The topological polar surface area (TPSA) is 66.6 Å². The van der Waals surface area contributed by atoms with Gasteiger partial charge in [0.1, 0.15) is 5.69 Å². The molecule has 2 rings (SSSR count). The highest BCUT2D eigenvalue weighted by atomic mass is 32.1. The van der Waals surface area contributed by atoms with Crippen LogP contribution < -0.4 is 0 Å². The first-order valence-electron chi connectivity index (χ1n) is 8.04. The van der Waals surface area contributed by atoms with E-state index in [0.29, 0.717) is 0 Å². The van der Waals surface area contributed by atoms with Gasteiger partial charge in [0.2, 0.25) is 5.76 Å². The maximum Gasteiger partial charge on any atom is 0.452 e. The second-order valence-electron chi connectivity index (χ2n) is 5.88. The third kappa shape index (κ3) is 5.47. The SMILES string of the molecule is Cc1c(-c2ccc(C(=O)N(CCO)CCCC(F)(F)F)s2)noc1C(F)(F)F. The zero-order chi connectivity index (χ0) is 21.1. The van der Waals surface area contributed by atoms with Gasteiger partial charge in [-0.05, 0) is 25.5 Å². The van der Waals surface area contributed by atoms with Gasteiger partial charge in [-0.3, -0.25) is 4.79 Å². The van der Waals surface area contributed by atoms with Crippen molar-refractivity contribution in [2.75, 3.05) is 19.7 Å². The fraction of sp³-hybridized carbons (Fsp3) is 0.500. The fourth-order valence-corrected chi connectivity index (χ4v) is 3.48. The third-order valence-electron chi connectivity index (χ3n) is 3.78. The number of carbonyl (C=O) groups excluding carboxylic acids is 1. The Kier molecular flexibility index (Phi) is 6.75. The molecule has 5 nitrogen and oxygen atoms in total. The molecule has 0 aliphatic rings. The number of aromatic nitrogens is 1. The van der Waals surface area contributed by atoms with Crippen LogP contribution in [0, 0.1) is 6.92 Å². The van der Waals surface area contributed by atoms with Gasteiger partial charge in [0.25, 0.3) is 5.91 Å². The first-order chi connectivity index (χ1) is 12.9. The van der Waals surface area contributed by atoms with Gasteiger partial charge in [0.05, 0.1) is 16.4 Å². The highest BCUT2D eigenvalue weighted by molar-refractivity contribution is 7.17. The molecule has 2 heterocycles. The molecule has 0 aliphatic heterocycles. The number of carbonyl (C=O) groups is 1. The summed E-state index contributed by atoms with van der Waals surface area (Å²) in [6, 6.07) is 2.73. The molecule has 0 aliphatic carbocycles. The molecular weight excluding hydrogens is 414 g/mol. The number of rotatable bonds is 7. The summed E-state index contributed by atoms with van der Waals surface area (Å²) in [6.07, 6.45) is -10.5. The van der Waals surface area contributed by atoms with Gasteiger partial charge in [-0.1, -0.05) is 5.16 Å². The molecule has 0 atom stereocenters. The van der Waals surface area contributed by atoms with Crippen molar-refractivity contribution in [1.29, 1.82) is 0 Å². The maximum absolute atomic E-state index is 12.8. The van der Waals surface area contributed by atoms with Gasteiger partial charge in [0, 0.05) is 25.1 Å². The molecule has 0 fully saturated rings. The van der Waals surface area contributed by atoms with Gasteiger partial charge in [-0.15, -0.1) is 11.3 Å². The number of hydrogen-bond acceptors (Lipinski definition) is 5. The summed E-state index contributed by atoms with van der Waals surface area (Å²) >= 11 is 0.840. The molecule has 0 saturated heterocycles. The molecule has 1 N–H and O–H groups in total. The Labute approximate surface area is 159 Å². The minimum atomic E-state index is -4.71. The molecule has 0 saturated carbocycles. The van der Waals surface area contributed by atoms with Crippen LogP contribution in [0.25, 0.3) is 10.6 Å². The average Bonchev–Trinajstić information content (AvgIpc) is 3.18. The fourth-order valence-electron chi connectivity index (χ4n) is 2.47. The highest BCUT2D eigenvalue weighted by Gasteiger charge is 2.39. The van der Waals surface area contributed by atoms with Crippen LogP contribution >= 0.6 is 11.3 Å². The van der Waals surface area contributed by atoms with Gasteiger partial charge in [-0.2, -0.15) is 26.3 Å². The van der Waals surface area contributed by atoms with Crippen LogP contribution in [-0.4, -0.2) is 46.9 Å². The summed E-state index contributed by atoms with van der Waals surface area (Å²) < 4.78 is 79.6. The Morgan fingerprint density at radius 1 is 1.21 bits per heavy atom. The van der Waals surface area contributed by atoms with Gasteiger partial charge in [-0.25, -0.2) is 0 Å². The van der Waals surface area contributed by atoms with E-state index >= 15 is 0 Å². The van der Waals surface area contributed by atoms with Crippen LogP contribution in [0.1, 0.15) is 33.8 Å². The second kappa shape index (κ2) is 8.52. The minimum absolute atomic E-state index is 0.0674. The van der Waals surface area contributed by atoms with Crippen molar-refractivity contribution < 1.29 is 40.8 Å². The Morgan fingerprint density at radius 3 is 2.43 bits per heavy atom. The summed E-state index contributed by atoms with van der Waals surface area (Å²) in [5, 5.41) is 12.5. The lowest BCUT2D eigenvalue weighted by Gasteiger charge is -2.21. The number of amides is 1. The van der Waals surface area contributed by atoms with Crippen LogP contribution in [-0.2, 0) is 6.18 Å². The van der Waals surface area contributed by atoms with E-state index in [2.05, 4.69) is 9.68 Å². The van der Waals surface area contributed by atoms with Gasteiger partial charge in [0.15, 0.2) is 0 Å². The van der Waals surface area contributed by atoms with E-state index in [-0.39, 0.29) is 40.5 Å². The van der Waals surface area contributed by atoms with Crippen molar-refractivity contribution in [1.82, 2.24) is 10.1 Å². The molecule has 12 heteroatoms. The Balaban J connectivity index is 2.17. The van der Waals surface area contributed by atoms with Gasteiger partial charge < -0.3 is 14.5 Å². The van der Waals surface area contributed by atoms with Crippen LogP contribution in [0.2, 0.25) is 0 Å². The van der Waals surface area contributed by atoms with E-state index in [9.17, 15) is 31.1 Å². The van der Waals surface area contributed by atoms with Crippen molar-refractivity contribution in [2.45, 2.75) is 32.1 Å². The molecule has 28 heavy (non-hydrogen) atoms. The summed E-state index contributed by atoms with van der Waals surface area (Å²) in [7, 11) is 0. The summed E-state index contributed by atoms with van der Waals surface area (Å²) in [6.45, 7) is 0.372. The van der Waals surface area contributed by atoms with E-state index in [1.807, 2.05) is 0 Å². The first kappa shape index (κ1) is 22.2. The largest absolute Gasteiger partial charge is 0.452 e. The lowest BCUT2D eigenvalue weighted by atomic mass is 10.2. The molecule has 0 bridgehead atoms. The van der Waals surface area contributed by atoms with Crippen LogP contribution in [0.3, 0.4) is 0 Å². The monoisotopic (exact) mass is 430 g/mol. The Hall–Kier alpha value is -2.08. The number of alkyl halides is 6. The number of aliphatic hydroxyl groups is 1. The third-order valence-corrected chi connectivity index (χ3v) is 4.86. The average molecular weight is 430 g/mol.